The number of hydrogen-bond acceptors (Lipinski definition) is 7. The van der Waals surface area contributed by atoms with E-state index in [1.807, 2.05) is 0 Å². The van der Waals surface area contributed by atoms with Gasteiger partial charge in [-0.25, -0.2) is 4.79 Å². The molecule has 4 unspecified atom stereocenters. The molecule has 168 valence electrons. The summed E-state index contributed by atoms with van der Waals surface area (Å²) in [5.74, 6) is 6.94. The van der Waals surface area contributed by atoms with E-state index in [1.54, 1.807) is 4.90 Å². The van der Waals surface area contributed by atoms with Gasteiger partial charge in [0.1, 0.15) is 0 Å². The Balaban J connectivity index is 1.21. The van der Waals surface area contributed by atoms with Crippen LogP contribution in [0.4, 0.5) is 4.79 Å². The van der Waals surface area contributed by atoms with Gasteiger partial charge >= 0.3 is 6.09 Å². The maximum Gasteiger partial charge on any atom is 0.407 e. The van der Waals surface area contributed by atoms with E-state index in [1.165, 1.54) is 0 Å². The number of fused-ring (bicyclic) bond motifs is 1. The maximum absolute atomic E-state index is 12.0. The van der Waals surface area contributed by atoms with Gasteiger partial charge in [0.25, 0.3) is 0 Å². The summed E-state index contributed by atoms with van der Waals surface area (Å²) >= 11 is 0. The van der Waals surface area contributed by atoms with Gasteiger partial charge in [0.2, 0.25) is 5.91 Å². The van der Waals surface area contributed by atoms with Crippen LogP contribution in [0.5, 0.6) is 0 Å². The molecule has 0 spiro atoms. The number of likely N-dealkylation sites (tertiary alicyclic amines) is 1. The minimum absolute atomic E-state index is 0.108. The average molecular weight is 422 g/mol. The Morgan fingerprint density at radius 2 is 1.97 bits per heavy atom. The molecule has 2 amide bonds. The predicted molar refractivity (Wildman–Crippen MR) is 113 cm³/mol. The van der Waals surface area contributed by atoms with Crippen LogP contribution in [0.25, 0.3) is 0 Å². The van der Waals surface area contributed by atoms with E-state index < -0.39 is 0 Å². The molecule has 1 saturated heterocycles. The number of nitrogens with one attached hydrogen (secondary N) is 2. The Morgan fingerprint density at radius 1 is 1.20 bits per heavy atom. The van der Waals surface area contributed by atoms with Gasteiger partial charge in [0.15, 0.2) is 0 Å². The van der Waals surface area contributed by atoms with Crippen LogP contribution in [-0.2, 0) is 9.53 Å². The average Bonchev–Trinajstić information content (AvgIpc) is 3.18. The summed E-state index contributed by atoms with van der Waals surface area (Å²) in [5.41, 5.74) is 1.25. The topological polar surface area (TPSA) is 141 Å². The first kappa shape index (κ1) is 22.5. The van der Waals surface area contributed by atoms with E-state index in [9.17, 15) is 14.7 Å². The van der Waals surface area contributed by atoms with E-state index in [2.05, 4.69) is 10.4 Å². The lowest BCUT2D eigenvalue weighted by molar-refractivity contribution is -0.130. The summed E-state index contributed by atoms with van der Waals surface area (Å²) in [4.78, 5) is 25.6. The molecule has 1 heterocycles. The number of nitrogens with zero attached hydrogens (tertiary/aromatic N) is 2. The predicted octanol–water partition coefficient (Wildman–Crippen LogP) is 1.64. The monoisotopic (exact) mass is 421 g/mol. The number of aliphatic hydroxyl groups is 1. The normalized spacial score (nSPS) is 29.8. The Morgan fingerprint density at radius 3 is 2.67 bits per heavy atom. The minimum Gasteiger partial charge on any atom is -0.449 e. The fourth-order valence-electron chi connectivity index (χ4n) is 4.80. The molecule has 0 bridgehead atoms. The second kappa shape index (κ2) is 10.7. The van der Waals surface area contributed by atoms with Crippen LogP contribution < -0.4 is 11.2 Å². The minimum atomic E-state index is -0.381. The number of unbranched alkanes of at least 4 members (excludes halogenated alkanes) is 2. The van der Waals surface area contributed by atoms with Crippen molar-refractivity contribution in [3.63, 3.8) is 0 Å². The summed E-state index contributed by atoms with van der Waals surface area (Å²) < 4.78 is 5.40. The molecule has 2 saturated carbocycles. The molecule has 2 aliphatic carbocycles. The van der Waals surface area contributed by atoms with Gasteiger partial charge in [-0.2, -0.15) is 5.10 Å². The maximum atomic E-state index is 12.0. The molecule has 4 atom stereocenters. The van der Waals surface area contributed by atoms with E-state index in [-0.39, 0.29) is 18.1 Å². The van der Waals surface area contributed by atoms with E-state index >= 15 is 0 Å². The van der Waals surface area contributed by atoms with Crippen molar-refractivity contribution in [1.82, 2.24) is 10.2 Å². The quantitative estimate of drug-likeness (QED) is 0.268. The van der Waals surface area contributed by atoms with Gasteiger partial charge in [-0.15, -0.1) is 0 Å². The van der Waals surface area contributed by atoms with Crippen LogP contribution in [0.3, 0.4) is 0 Å². The van der Waals surface area contributed by atoms with Gasteiger partial charge in [0, 0.05) is 26.1 Å². The van der Waals surface area contributed by atoms with Crippen LogP contribution in [0.15, 0.2) is 5.10 Å². The highest BCUT2D eigenvalue weighted by atomic mass is 16.5. The van der Waals surface area contributed by atoms with Gasteiger partial charge in [-0.1, -0.05) is 6.42 Å². The van der Waals surface area contributed by atoms with E-state index in [4.69, 9.17) is 16.0 Å². The molecule has 9 nitrogen and oxygen atoms in total. The van der Waals surface area contributed by atoms with Crippen molar-refractivity contribution >= 4 is 23.4 Å². The molecule has 3 aliphatic rings. The zero-order chi connectivity index (χ0) is 21.5. The number of ether oxygens (including phenoxy) is 1. The molecule has 3 fully saturated rings. The summed E-state index contributed by atoms with van der Waals surface area (Å²) in [6.45, 7) is 2.08. The number of amides is 2. The zero-order valence-electron chi connectivity index (χ0n) is 17.6. The molecule has 0 aromatic carbocycles. The lowest BCUT2D eigenvalue weighted by Gasteiger charge is -2.15. The molecule has 30 heavy (non-hydrogen) atoms. The summed E-state index contributed by atoms with van der Waals surface area (Å²) in [6, 6.07) is 0. The van der Waals surface area contributed by atoms with Gasteiger partial charge < -0.3 is 31.3 Å². The summed E-state index contributed by atoms with van der Waals surface area (Å²) in [5, 5.41) is 24.0. The molecule has 3 rings (SSSR count). The van der Waals surface area contributed by atoms with Crippen molar-refractivity contribution in [1.29, 1.82) is 5.41 Å². The smallest absolute Gasteiger partial charge is 0.407 e. The second-order valence-electron chi connectivity index (χ2n) is 8.74. The highest BCUT2D eigenvalue weighted by Gasteiger charge is 2.50. The molecule has 5 N–H and O–H groups in total. The number of alkyl carbamates (subject to hydrolysis) is 1. The molecule has 0 aromatic rings. The first-order valence-corrected chi connectivity index (χ1v) is 11.2. The molecule has 0 radical (unpaired) electrons. The fraction of sp³-hybridized carbons (Fsp3) is 0.810. The zero-order valence-corrected chi connectivity index (χ0v) is 17.6. The Labute approximate surface area is 177 Å². The summed E-state index contributed by atoms with van der Waals surface area (Å²) in [6.07, 6.45) is 6.20. The highest BCUT2D eigenvalue weighted by Crippen LogP contribution is 2.53. The Kier molecular flexibility index (Phi) is 8.07. The molecular formula is C21H35N5O4. The Bertz CT molecular complexity index is 668. The van der Waals surface area contributed by atoms with Crippen molar-refractivity contribution in [2.24, 2.45) is 28.7 Å². The Hall–Kier alpha value is -2.16. The third-order valence-corrected chi connectivity index (χ3v) is 6.71. The van der Waals surface area contributed by atoms with Crippen LogP contribution in [-0.4, -0.2) is 65.8 Å². The number of β-amino-alcohol motifs (C(OH)–C–C–N with tert-alkyl or cyclic N) is 1. The van der Waals surface area contributed by atoms with Crippen molar-refractivity contribution in [2.45, 2.75) is 63.9 Å². The third-order valence-electron chi connectivity index (χ3n) is 6.71. The number of rotatable bonds is 8. The van der Waals surface area contributed by atoms with Crippen LogP contribution in [0, 0.1) is 23.2 Å². The number of hydrazone groups is 1. The largest absolute Gasteiger partial charge is 0.449 e. The van der Waals surface area contributed by atoms with Crippen molar-refractivity contribution in [3.05, 3.63) is 0 Å². The fourth-order valence-corrected chi connectivity index (χ4v) is 4.80. The first-order chi connectivity index (χ1) is 14.5. The van der Waals surface area contributed by atoms with Crippen molar-refractivity contribution in [2.75, 3.05) is 26.2 Å². The number of carbonyl (C=O) groups excluding carboxylic acids is 2. The lowest BCUT2D eigenvalue weighted by Crippen LogP contribution is -2.29. The number of hydrogen-bond donors (Lipinski definition) is 4. The molecule has 1 aliphatic heterocycles. The van der Waals surface area contributed by atoms with Crippen molar-refractivity contribution < 1.29 is 19.4 Å². The molecular weight excluding hydrogens is 386 g/mol. The third kappa shape index (κ3) is 6.17. The lowest BCUT2D eigenvalue weighted by atomic mass is 9.98. The van der Waals surface area contributed by atoms with E-state index in [0.29, 0.717) is 74.7 Å². The van der Waals surface area contributed by atoms with Crippen molar-refractivity contribution in [3.8, 4) is 0 Å². The number of aliphatic hydroxyl groups excluding tert-OH is 1. The van der Waals surface area contributed by atoms with Crippen LogP contribution in [0.1, 0.15) is 57.8 Å². The second-order valence-corrected chi connectivity index (χ2v) is 8.74. The SMILES string of the molecule is N=C1CCC2C(CCC1=NN)C2COC(=O)NCCCCCC(=O)N1CCC(O)C1. The molecule has 9 heteroatoms. The first-order valence-electron chi connectivity index (χ1n) is 11.2. The standard InChI is InChI=1S/C21H35N5O4/c22-18-7-5-15-16(6-8-19(18)25-23)17(15)13-30-21(29)24-10-3-1-2-4-20(28)26-11-9-14(27)12-26/h14-17,22,27H,1-13,23H2,(H,24,29). The molecule has 0 aromatic heterocycles. The van der Waals surface area contributed by atoms with Gasteiger partial charge in [-0.3, -0.25) is 4.79 Å². The van der Waals surface area contributed by atoms with Crippen LogP contribution in [0.2, 0.25) is 0 Å². The summed E-state index contributed by atoms with van der Waals surface area (Å²) in [7, 11) is 0. The van der Waals surface area contributed by atoms with E-state index in [0.717, 1.165) is 38.5 Å². The number of nitrogens with two attached hydrogens (primary N) is 1. The van der Waals surface area contributed by atoms with Crippen LogP contribution >= 0.6 is 0 Å². The number of carbonyl (C=O) groups is 2. The van der Waals surface area contributed by atoms with Gasteiger partial charge in [0.05, 0.1) is 24.1 Å². The highest BCUT2D eigenvalue weighted by molar-refractivity contribution is 6.41. The van der Waals surface area contributed by atoms with Gasteiger partial charge in [-0.05, 0) is 62.7 Å².